The van der Waals surface area contributed by atoms with E-state index < -0.39 is 0 Å². The Balaban J connectivity index is 1.41. The Kier molecular flexibility index (Phi) is 9.10. The van der Waals surface area contributed by atoms with Gasteiger partial charge in [-0.25, -0.2) is 4.98 Å². The Morgan fingerprint density at radius 3 is 2.47 bits per heavy atom. The number of fused-ring (bicyclic) bond motifs is 1. The molecule has 4 N–H and O–H groups in total. The maximum absolute atomic E-state index is 14.6. The Hall–Kier alpha value is -4.78. The highest BCUT2D eigenvalue weighted by molar-refractivity contribution is 6.35. The number of nitrogens with one attached hydrogen (secondary N) is 2. The number of nitrogens with zero attached hydrogens (tertiary/aromatic N) is 4. The lowest BCUT2D eigenvalue weighted by Crippen LogP contribution is -2.40. The molecule has 246 valence electrons. The first-order valence-electron chi connectivity index (χ1n) is 16.0. The van der Waals surface area contributed by atoms with Crippen molar-refractivity contribution in [3.05, 3.63) is 123 Å². The molecule has 0 bridgehead atoms. The molecule has 7 rings (SSSR count). The fourth-order valence-electron chi connectivity index (χ4n) is 6.59. The van der Waals surface area contributed by atoms with Crippen LogP contribution in [0.1, 0.15) is 47.4 Å². The summed E-state index contributed by atoms with van der Waals surface area (Å²) in [5.74, 6) is -0.378. The van der Waals surface area contributed by atoms with Gasteiger partial charge in [0, 0.05) is 56.2 Å². The third-order valence-corrected chi connectivity index (χ3v) is 9.95. The van der Waals surface area contributed by atoms with Crippen molar-refractivity contribution in [3.63, 3.8) is 0 Å². The summed E-state index contributed by atoms with van der Waals surface area (Å²) < 4.78 is 2.03. The van der Waals surface area contributed by atoms with Gasteiger partial charge in [-0.15, -0.1) is 0 Å². The Morgan fingerprint density at radius 2 is 1.73 bits per heavy atom. The molecule has 2 aromatic heterocycles. The third-order valence-electron chi connectivity index (χ3n) is 9.15. The monoisotopic (exact) mass is 707 g/mol. The molecule has 1 atom stereocenters. The summed E-state index contributed by atoms with van der Waals surface area (Å²) in [4.78, 5) is 25.1. The summed E-state index contributed by atoms with van der Waals surface area (Å²) in [5, 5.41) is 15.3. The first-order valence-corrected chi connectivity index (χ1v) is 17.1. The van der Waals surface area contributed by atoms with E-state index in [1.807, 2.05) is 66.1 Å². The standard InChI is InChI=1S/C38H32Cl3N7O/c1-22(28-10-8-25(39)18-30(28)41)48-21-44-35(24-5-3-2-4-6-24)37(48)34-29-11-9-26(40)19-31(29)45-36(34)38(49)46-32-17-23(20-42)7-12-33(32)47-15-13-27(43)14-16-47/h2-12,17-19,21-22,27,45H,13-16,43H2,1H3,(H,46,49). The number of H-pyrrole nitrogens is 1. The molecule has 1 fully saturated rings. The quantitative estimate of drug-likeness (QED) is 0.153. The average molecular weight is 709 g/mol. The van der Waals surface area contributed by atoms with E-state index in [0.717, 1.165) is 53.8 Å². The van der Waals surface area contributed by atoms with Crippen LogP contribution in [-0.2, 0) is 0 Å². The molecule has 0 saturated carbocycles. The van der Waals surface area contributed by atoms with Crippen molar-refractivity contribution in [2.24, 2.45) is 5.73 Å². The van der Waals surface area contributed by atoms with Gasteiger partial charge in [-0.3, -0.25) is 4.79 Å². The van der Waals surface area contributed by atoms with E-state index in [-0.39, 0.29) is 18.0 Å². The minimum absolute atomic E-state index is 0.141. The fourth-order valence-corrected chi connectivity index (χ4v) is 7.33. The van der Waals surface area contributed by atoms with Gasteiger partial charge in [0.2, 0.25) is 0 Å². The minimum atomic E-state index is -0.378. The molecule has 3 heterocycles. The van der Waals surface area contributed by atoms with E-state index in [2.05, 4.69) is 21.3 Å². The van der Waals surface area contributed by atoms with E-state index in [1.54, 1.807) is 36.7 Å². The van der Waals surface area contributed by atoms with Crippen LogP contribution in [-0.4, -0.2) is 39.6 Å². The van der Waals surface area contributed by atoms with Crippen molar-refractivity contribution in [2.45, 2.75) is 31.8 Å². The van der Waals surface area contributed by atoms with Crippen LogP contribution in [0.5, 0.6) is 0 Å². The van der Waals surface area contributed by atoms with Crippen LogP contribution in [0.3, 0.4) is 0 Å². The van der Waals surface area contributed by atoms with Crippen molar-refractivity contribution in [2.75, 3.05) is 23.3 Å². The summed E-state index contributed by atoms with van der Waals surface area (Å²) in [6.07, 6.45) is 3.45. The molecule has 0 aliphatic carbocycles. The van der Waals surface area contributed by atoms with E-state index in [0.29, 0.717) is 48.8 Å². The van der Waals surface area contributed by atoms with Crippen LogP contribution in [0, 0.1) is 11.3 Å². The zero-order valence-corrected chi connectivity index (χ0v) is 28.8. The largest absolute Gasteiger partial charge is 0.370 e. The van der Waals surface area contributed by atoms with Crippen molar-refractivity contribution in [1.29, 1.82) is 5.26 Å². The molecule has 1 amide bonds. The van der Waals surface area contributed by atoms with E-state index in [4.69, 9.17) is 45.5 Å². The number of carbonyl (C=O) groups is 1. The highest BCUT2D eigenvalue weighted by Crippen LogP contribution is 2.42. The van der Waals surface area contributed by atoms with Gasteiger partial charge < -0.3 is 25.5 Å². The summed E-state index contributed by atoms with van der Waals surface area (Å²) in [6, 6.07) is 28.2. The van der Waals surface area contributed by atoms with Gasteiger partial charge in [-0.2, -0.15) is 5.26 Å². The number of anilines is 2. The van der Waals surface area contributed by atoms with Gasteiger partial charge in [0.15, 0.2) is 0 Å². The molecular weight excluding hydrogens is 677 g/mol. The van der Waals surface area contributed by atoms with Crippen LogP contribution in [0.4, 0.5) is 11.4 Å². The molecular formula is C38H32Cl3N7O. The predicted molar refractivity (Wildman–Crippen MR) is 199 cm³/mol. The molecule has 0 spiro atoms. The molecule has 49 heavy (non-hydrogen) atoms. The highest BCUT2D eigenvalue weighted by atomic mass is 35.5. The lowest BCUT2D eigenvalue weighted by atomic mass is 9.99. The summed E-state index contributed by atoms with van der Waals surface area (Å²) in [7, 11) is 0. The molecule has 1 unspecified atom stereocenters. The van der Waals surface area contributed by atoms with Crippen LogP contribution in [0.25, 0.3) is 33.4 Å². The number of benzene rings is 4. The summed E-state index contributed by atoms with van der Waals surface area (Å²) in [6.45, 7) is 3.53. The molecule has 6 aromatic rings. The SMILES string of the molecule is CC(c1ccc(Cl)cc1Cl)n1cnc(-c2ccccc2)c1-c1c(C(=O)Nc2cc(C#N)ccc2N2CCC(N)CC2)[nH]c2cc(Cl)ccc12. The lowest BCUT2D eigenvalue weighted by Gasteiger charge is -2.33. The number of rotatable bonds is 7. The number of piperidine rings is 1. The second kappa shape index (κ2) is 13.6. The van der Waals surface area contributed by atoms with Gasteiger partial charge in [0.1, 0.15) is 5.69 Å². The second-order valence-electron chi connectivity index (χ2n) is 12.2. The Morgan fingerprint density at radius 1 is 1.00 bits per heavy atom. The molecule has 1 aliphatic rings. The number of amides is 1. The topological polar surface area (TPSA) is 116 Å². The summed E-state index contributed by atoms with van der Waals surface area (Å²) >= 11 is 19.5. The molecule has 11 heteroatoms. The molecule has 4 aromatic carbocycles. The Labute approximate surface area is 299 Å². The number of nitrogens with two attached hydrogens (primary N) is 1. The number of halogens is 3. The van der Waals surface area contributed by atoms with Crippen molar-refractivity contribution < 1.29 is 4.79 Å². The molecule has 0 radical (unpaired) electrons. The predicted octanol–water partition coefficient (Wildman–Crippen LogP) is 9.32. The van der Waals surface area contributed by atoms with Gasteiger partial charge in [0.05, 0.1) is 46.8 Å². The van der Waals surface area contributed by atoms with Crippen LogP contribution >= 0.6 is 34.8 Å². The number of aromatic nitrogens is 3. The Bertz CT molecular complexity index is 2230. The number of hydrogen-bond donors (Lipinski definition) is 3. The van der Waals surface area contributed by atoms with Crippen molar-refractivity contribution >= 4 is 63.0 Å². The second-order valence-corrected chi connectivity index (χ2v) is 13.5. The zero-order valence-electron chi connectivity index (χ0n) is 26.6. The van der Waals surface area contributed by atoms with Gasteiger partial charge in [-0.1, -0.05) is 77.3 Å². The van der Waals surface area contributed by atoms with E-state index in [1.165, 1.54) is 0 Å². The average Bonchev–Trinajstić information content (AvgIpc) is 3.70. The highest BCUT2D eigenvalue weighted by Gasteiger charge is 2.29. The number of nitriles is 1. The number of hydrogen-bond acceptors (Lipinski definition) is 5. The maximum atomic E-state index is 14.6. The van der Waals surface area contributed by atoms with Gasteiger partial charge in [-0.05, 0) is 67.8 Å². The molecule has 8 nitrogen and oxygen atoms in total. The fraction of sp³-hybridized carbons (Fsp3) is 0.184. The first-order chi connectivity index (χ1) is 23.7. The van der Waals surface area contributed by atoms with Gasteiger partial charge in [0.25, 0.3) is 5.91 Å². The lowest BCUT2D eigenvalue weighted by molar-refractivity contribution is 0.102. The maximum Gasteiger partial charge on any atom is 0.272 e. The minimum Gasteiger partial charge on any atom is -0.370 e. The number of carbonyl (C=O) groups excluding carboxylic acids is 1. The van der Waals surface area contributed by atoms with Crippen LogP contribution in [0.15, 0.2) is 91.3 Å². The first kappa shape index (κ1) is 32.8. The molecule has 1 aliphatic heterocycles. The van der Waals surface area contributed by atoms with Crippen molar-refractivity contribution in [1.82, 2.24) is 14.5 Å². The van der Waals surface area contributed by atoms with Gasteiger partial charge >= 0.3 is 0 Å². The zero-order chi connectivity index (χ0) is 34.2. The summed E-state index contributed by atoms with van der Waals surface area (Å²) in [5.41, 5.74) is 12.8. The van der Waals surface area contributed by atoms with Crippen molar-refractivity contribution in [3.8, 4) is 28.6 Å². The molecule has 1 saturated heterocycles. The van der Waals surface area contributed by atoms with E-state index >= 15 is 0 Å². The van der Waals surface area contributed by atoms with Crippen LogP contribution < -0.4 is 16.0 Å². The van der Waals surface area contributed by atoms with E-state index in [9.17, 15) is 10.1 Å². The number of aromatic amines is 1. The third kappa shape index (κ3) is 6.39. The number of imidazole rings is 1. The van der Waals surface area contributed by atoms with Crippen LogP contribution in [0.2, 0.25) is 15.1 Å². The normalized spacial score (nSPS) is 14.2. The smallest absolute Gasteiger partial charge is 0.272 e.